The first-order valence-corrected chi connectivity index (χ1v) is 7.22. The molecule has 0 aromatic heterocycles. The topological polar surface area (TPSA) is 63.7 Å². The van der Waals surface area contributed by atoms with Gasteiger partial charge in [0.05, 0.1) is 17.3 Å². The van der Waals surface area contributed by atoms with Gasteiger partial charge in [0.25, 0.3) is 0 Å². The highest BCUT2D eigenvalue weighted by molar-refractivity contribution is 7.92. The molecule has 1 fully saturated rings. The van der Waals surface area contributed by atoms with E-state index < -0.39 is 21.2 Å². The number of carbonyl (C=O) groups is 1. The van der Waals surface area contributed by atoms with Crippen LogP contribution >= 0.6 is 0 Å². The van der Waals surface area contributed by atoms with E-state index in [2.05, 4.69) is 4.74 Å². The third-order valence-corrected chi connectivity index (χ3v) is 5.28. The van der Waals surface area contributed by atoms with Crippen molar-refractivity contribution >= 4 is 15.9 Å². The molecule has 0 bridgehead atoms. The Hall–Kier alpha value is -1.56. The Morgan fingerprint density at radius 3 is 2.61 bits per heavy atom. The normalized spacial score (nSPS) is 19.8. The summed E-state index contributed by atoms with van der Waals surface area (Å²) in [6, 6.07) is 8.32. The highest BCUT2D eigenvalue weighted by Gasteiger charge is 2.36. The highest BCUT2D eigenvalue weighted by atomic mass is 32.2. The Balaban J connectivity index is 2.17. The molecule has 0 aliphatic carbocycles. The number of sulfone groups is 1. The molecule has 0 N–H and O–H groups in total. The number of amides is 1. The molecule has 98 valence electrons. The number of hydrogen-bond acceptors (Lipinski definition) is 4. The van der Waals surface area contributed by atoms with E-state index in [0.717, 1.165) is 0 Å². The van der Waals surface area contributed by atoms with E-state index in [0.29, 0.717) is 17.9 Å². The summed E-state index contributed by atoms with van der Waals surface area (Å²) in [4.78, 5) is 13.1. The van der Waals surface area contributed by atoms with Crippen molar-refractivity contribution < 1.29 is 17.9 Å². The second kappa shape index (κ2) is 4.97. The smallest absolute Gasteiger partial charge is 0.409 e. The van der Waals surface area contributed by atoms with Crippen molar-refractivity contribution in [2.75, 3.05) is 20.2 Å². The lowest BCUT2D eigenvalue weighted by Crippen LogP contribution is -2.31. The fourth-order valence-corrected chi connectivity index (χ4v) is 3.79. The van der Waals surface area contributed by atoms with Crippen molar-refractivity contribution in [1.29, 1.82) is 0 Å². The molecule has 1 saturated heterocycles. The molecule has 2 rings (SSSR count). The summed E-state index contributed by atoms with van der Waals surface area (Å²) in [5, 5.41) is -0.543. The van der Waals surface area contributed by atoms with E-state index in [1.807, 2.05) is 0 Å². The highest BCUT2D eigenvalue weighted by Crippen LogP contribution is 2.23. The van der Waals surface area contributed by atoms with Gasteiger partial charge in [-0.15, -0.1) is 0 Å². The lowest BCUT2D eigenvalue weighted by Gasteiger charge is -2.15. The first-order chi connectivity index (χ1) is 8.55. The minimum Gasteiger partial charge on any atom is -0.453 e. The number of carbonyl (C=O) groups excluding carboxylic acids is 1. The SMILES string of the molecule is COC(=O)N1CCC(S(=O)(=O)c2ccccc2)C1. The molecule has 1 aromatic carbocycles. The summed E-state index contributed by atoms with van der Waals surface area (Å²) >= 11 is 0. The van der Waals surface area contributed by atoms with Crippen LogP contribution in [0.5, 0.6) is 0 Å². The van der Waals surface area contributed by atoms with Gasteiger partial charge in [-0.2, -0.15) is 0 Å². The zero-order valence-electron chi connectivity index (χ0n) is 10.1. The maximum atomic E-state index is 12.3. The van der Waals surface area contributed by atoms with Crippen molar-refractivity contribution in [2.24, 2.45) is 0 Å². The van der Waals surface area contributed by atoms with Crippen molar-refractivity contribution in [3.8, 4) is 0 Å². The Bertz CT molecular complexity index is 526. The van der Waals surface area contributed by atoms with E-state index in [1.165, 1.54) is 12.0 Å². The number of methoxy groups -OCH3 is 1. The maximum absolute atomic E-state index is 12.3. The molecule has 0 spiro atoms. The van der Waals surface area contributed by atoms with Gasteiger partial charge in [-0.25, -0.2) is 13.2 Å². The van der Waals surface area contributed by atoms with E-state index in [4.69, 9.17) is 0 Å². The second-order valence-corrected chi connectivity index (χ2v) is 6.41. The van der Waals surface area contributed by atoms with Crippen LogP contribution in [0.15, 0.2) is 35.2 Å². The Morgan fingerprint density at radius 1 is 1.33 bits per heavy atom. The van der Waals surface area contributed by atoms with Crippen molar-refractivity contribution in [3.63, 3.8) is 0 Å². The number of likely N-dealkylation sites (tertiary alicyclic amines) is 1. The molecule has 1 aliphatic rings. The zero-order chi connectivity index (χ0) is 13.2. The van der Waals surface area contributed by atoms with Crippen LogP contribution in [0.25, 0.3) is 0 Å². The molecule has 1 atom stereocenters. The molecule has 1 aromatic rings. The molecule has 1 heterocycles. The Morgan fingerprint density at radius 2 is 2.00 bits per heavy atom. The van der Waals surface area contributed by atoms with Crippen LogP contribution in [0.4, 0.5) is 4.79 Å². The van der Waals surface area contributed by atoms with E-state index in [1.54, 1.807) is 30.3 Å². The van der Waals surface area contributed by atoms with Gasteiger partial charge >= 0.3 is 6.09 Å². The minimum atomic E-state index is -3.36. The average molecular weight is 269 g/mol. The molecule has 5 nitrogen and oxygen atoms in total. The molecule has 18 heavy (non-hydrogen) atoms. The lowest BCUT2D eigenvalue weighted by atomic mass is 10.4. The molecular formula is C12H15NO4S. The minimum absolute atomic E-state index is 0.198. The fraction of sp³-hybridized carbons (Fsp3) is 0.417. The number of benzene rings is 1. The van der Waals surface area contributed by atoms with Gasteiger partial charge in [0.2, 0.25) is 0 Å². The van der Waals surface area contributed by atoms with Gasteiger partial charge in [0, 0.05) is 13.1 Å². The second-order valence-electron chi connectivity index (χ2n) is 4.18. The van der Waals surface area contributed by atoms with Crippen LogP contribution in [-0.4, -0.2) is 44.9 Å². The van der Waals surface area contributed by atoms with E-state index >= 15 is 0 Å². The fourth-order valence-electron chi connectivity index (χ4n) is 2.08. The molecule has 6 heteroatoms. The monoisotopic (exact) mass is 269 g/mol. The van der Waals surface area contributed by atoms with Crippen molar-refractivity contribution in [1.82, 2.24) is 4.90 Å². The first kappa shape index (κ1) is 12.9. The largest absolute Gasteiger partial charge is 0.453 e. The van der Waals surface area contributed by atoms with Gasteiger partial charge in [0.15, 0.2) is 9.84 Å². The van der Waals surface area contributed by atoms with Gasteiger partial charge in [-0.3, -0.25) is 0 Å². The first-order valence-electron chi connectivity index (χ1n) is 5.67. The van der Waals surface area contributed by atoms with Crippen LogP contribution in [0.2, 0.25) is 0 Å². The quantitative estimate of drug-likeness (QED) is 0.812. The van der Waals surface area contributed by atoms with Crippen LogP contribution in [0.1, 0.15) is 6.42 Å². The van der Waals surface area contributed by atoms with Gasteiger partial charge < -0.3 is 9.64 Å². The predicted octanol–water partition coefficient (Wildman–Crippen LogP) is 1.30. The summed E-state index contributed by atoms with van der Waals surface area (Å²) in [5.74, 6) is 0. The van der Waals surface area contributed by atoms with E-state index in [9.17, 15) is 13.2 Å². The third kappa shape index (κ3) is 2.33. The summed E-state index contributed by atoms with van der Waals surface area (Å²) in [6.07, 6.45) is -0.0208. The summed E-state index contributed by atoms with van der Waals surface area (Å²) in [6.45, 7) is 0.618. The molecule has 1 unspecified atom stereocenters. The standard InChI is InChI=1S/C12H15NO4S/c1-17-12(14)13-8-7-11(9-13)18(15,16)10-5-3-2-4-6-10/h2-6,11H,7-9H2,1H3. The Kier molecular flexibility index (Phi) is 3.56. The maximum Gasteiger partial charge on any atom is 0.409 e. The molecule has 0 radical (unpaired) electrons. The van der Waals surface area contributed by atoms with Crippen LogP contribution in [0, 0.1) is 0 Å². The molecular weight excluding hydrogens is 254 g/mol. The van der Waals surface area contributed by atoms with Crippen LogP contribution in [0.3, 0.4) is 0 Å². The van der Waals surface area contributed by atoms with Crippen LogP contribution in [-0.2, 0) is 14.6 Å². The zero-order valence-corrected chi connectivity index (χ0v) is 10.9. The summed E-state index contributed by atoms with van der Waals surface area (Å²) in [5.41, 5.74) is 0. The number of ether oxygens (including phenoxy) is 1. The number of nitrogens with zero attached hydrogens (tertiary/aromatic N) is 1. The average Bonchev–Trinajstić information content (AvgIpc) is 2.89. The molecule has 0 saturated carbocycles. The number of rotatable bonds is 2. The number of hydrogen-bond donors (Lipinski definition) is 0. The van der Waals surface area contributed by atoms with Crippen molar-refractivity contribution in [3.05, 3.63) is 30.3 Å². The lowest BCUT2D eigenvalue weighted by molar-refractivity contribution is 0.133. The van der Waals surface area contributed by atoms with Gasteiger partial charge in [0.1, 0.15) is 0 Å². The summed E-state index contributed by atoms with van der Waals surface area (Å²) < 4.78 is 29.2. The third-order valence-electron chi connectivity index (χ3n) is 3.09. The predicted molar refractivity (Wildman–Crippen MR) is 66.0 cm³/mol. The molecule has 1 aliphatic heterocycles. The van der Waals surface area contributed by atoms with Crippen molar-refractivity contribution in [2.45, 2.75) is 16.6 Å². The Labute approximate surface area is 106 Å². The van der Waals surface area contributed by atoms with Gasteiger partial charge in [-0.05, 0) is 18.6 Å². The molecule has 1 amide bonds. The summed E-state index contributed by atoms with van der Waals surface area (Å²) in [7, 11) is -2.07. The van der Waals surface area contributed by atoms with Gasteiger partial charge in [-0.1, -0.05) is 18.2 Å². The van der Waals surface area contributed by atoms with E-state index in [-0.39, 0.29) is 6.54 Å². The van der Waals surface area contributed by atoms with Crippen LogP contribution < -0.4 is 0 Å².